The monoisotopic (exact) mass is 271 g/mol. The van der Waals surface area contributed by atoms with Crippen LogP contribution in [0.25, 0.3) is 0 Å². The number of hydrogen-bond acceptors (Lipinski definition) is 4. The van der Waals surface area contributed by atoms with Gasteiger partial charge in [-0.1, -0.05) is 6.07 Å². The predicted molar refractivity (Wildman–Crippen MR) is 76.6 cm³/mol. The van der Waals surface area contributed by atoms with Crippen molar-refractivity contribution in [2.45, 2.75) is 6.92 Å². The van der Waals surface area contributed by atoms with Gasteiger partial charge >= 0.3 is 0 Å². The van der Waals surface area contributed by atoms with Crippen LogP contribution in [0.15, 0.2) is 42.5 Å². The van der Waals surface area contributed by atoms with Gasteiger partial charge in [-0.2, -0.15) is 0 Å². The quantitative estimate of drug-likeness (QED) is 0.509. The number of nitro benzene ring substituents is 1. The molecule has 2 aromatic carbocycles. The number of nitrogens with one attached hydrogen (secondary N) is 1. The molecule has 0 atom stereocenters. The Morgan fingerprint density at radius 1 is 1.25 bits per heavy atom. The van der Waals surface area contributed by atoms with Gasteiger partial charge in [-0.3, -0.25) is 14.9 Å². The zero-order chi connectivity index (χ0) is 14.7. The molecule has 20 heavy (non-hydrogen) atoms. The molecule has 6 nitrogen and oxygen atoms in total. The van der Waals surface area contributed by atoms with E-state index in [1.165, 1.54) is 18.2 Å². The molecule has 2 aromatic rings. The molecule has 0 aromatic heterocycles. The van der Waals surface area contributed by atoms with Crippen LogP contribution in [0.2, 0.25) is 0 Å². The smallest absolute Gasteiger partial charge is 0.269 e. The van der Waals surface area contributed by atoms with Crippen LogP contribution in [-0.2, 0) is 0 Å². The van der Waals surface area contributed by atoms with Crippen molar-refractivity contribution in [1.82, 2.24) is 0 Å². The molecule has 102 valence electrons. The number of amides is 1. The first-order valence-electron chi connectivity index (χ1n) is 5.89. The Kier molecular flexibility index (Phi) is 3.65. The fraction of sp³-hybridized carbons (Fsp3) is 0.0714. The number of nitrogen functional groups attached to an aromatic ring is 1. The first kappa shape index (κ1) is 13.5. The second kappa shape index (κ2) is 5.40. The lowest BCUT2D eigenvalue weighted by Gasteiger charge is -2.08. The highest BCUT2D eigenvalue weighted by Crippen LogP contribution is 2.22. The van der Waals surface area contributed by atoms with Gasteiger partial charge in [0.25, 0.3) is 11.6 Å². The lowest BCUT2D eigenvalue weighted by Crippen LogP contribution is -2.13. The minimum absolute atomic E-state index is 0.00976. The van der Waals surface area contributed by atoms with Crippen LogP contribution in [0.3, 0.4) is 0 Å². The summed E-state index contributed by atoms with van der Waals surface area (Å²) in [5, 5.41) is 13.4. The van der Waals surface area contributed by atoms with Gasteiger partial charge in [0.1, 0.15) is 0 Å². The van der Waals surface area contributed by atoms with E-state index in [2.05, 4.69) is 5.32 Å². The summed E-state index contributed by atoms with van der Waals surface area (Å²) < 4.78 is 0. The van der Waals surface area contributed by atoms with Crippen molar-refractivity contribution in [2.24, 2.45) is 0 Å². The summed E-state index contributed by atoms with van der Waals surface area (Å²) in [7, 11) is 0. The number of nitrogens with zero attached hydrogens (tertiary/aromatic N) is 1. The molecule has 6 heteroatoms. The van der Waals surface area contributed by atoms with Gasteiger partial charge in [-0.25, -0.2) is 0 Å². The Labute approximate surface area is 115 Å². The summed E-state index contributed by atoms with van der Waals surface area (Å²) >= 11 is 0. The number of carbonyl (C=O) groups excluding carboxylic acids is 1. The molecular weight excluding hydrogens is 258 g/mol. The summed E-state index contributed by atoms with van der Waals surface area (Å²) in [6.45, 7) is 1.70. The number of nitro groups is 1. The highest BCUT2D eigenvalue weighted by molar-refractivity contribution is 6.05. The molecule has 0 heterocycles. The third-order valence-corrected chi connectivity index (χ3v) is 2.82. The molecule has 1 amide bonds. The van der Waals surface area contributed by atoms with E-state index in [1.807, 2.05) is 0 Å². The Morgan fingerprint density at radius 2 is 2.00 bits per heavy atom. The molecular formula is C14H13N3O3. The van der Waals surface area contributed by atoms with Crippen LogP contribution in [0.1, 0.15) is 15.9 Å². The second-order valence-electron chi connectivity index (χ2n) is 4.34. The summed E-state index contributed by atoms with van der Waals surface area (Å²) in [5.74, 6) is -0.311. The van der Waals surface area contributed by atoms with Crippen LogP contribution in [0.4, 0.5) is 17.1 Å². The molecule has 0 aliphatic carbocycles. The van der Waals surface area contributed by atoms with Gasteiger partial charge in [0.2, 0.25) is 0 Å². The second-order valence-corrected chi connectivity index (χ2v) is 4.34. The summed E-state index contributed by atoms with van der Waals surface area (Å²) in [4.78, 5) is 22.2. The third-order valence-electron chi connectivity index (χ3n) is 2.82. The molecule has 0 fully saturated rings. The molecule has 0 spiro atoms. The summed E-state index contributed by atoms with van der Waals surface area (Å²) in [5.41, 5.74) is 7.69. The third kappa shape index (κ3) is 2.92. The van der Waals surface area contributed by atoms with E-state index in [0.717, 1.165) is 0 Å². The van der Waals surface area contributed by atoms with Gasteiger partial charge in [0.15, 0.2) is 0 Å². The van der Waals surface area contributed by atoms with E-state index in [0.29, 0.717) is 22.5 Å². The van der Waals surface area contributed by atoms with Crippen LogP contribution in [0.5, 0.6) is 0 Å². The molecule has 0 radical (unpaired) electrons. The van der Waals surface area contributed by atoms with Gasteiger partial charge in [-0.15, -0.1) is 0 Å². The molecule has 0 aliphatic rings. The van der Waals surface area contributed by atoms with Gasteiger partial charge < -0.3 is 11.1 Å². The first-order chi connectivity index (χ1) is 9.47. The average Bonchev–Trinajstić information content (AvgIpc) is 2.40. The lowest BCUT2D eigenvalue weighted by molar-refractivity contribution is -0.384. The van der Waals surface area contributed by atoms with Crippen molar-refractivity contribution >= 4 is 23.0 Å². The number of non-ortho nitro benzene ring substituents is 1. The van der Waals surface area contributed by atoms with E-state index in [-0.39, 0.29) is 11.6 Å². The van der Waals surface area contributed by atoms with E-state index in [9.17, 15) is 14.9 Å². The maximum Gasteiger partial charge on any atom is 0.269 e. The Morgan fingerprint density at radius 3 is 2.60 bits per heavy atom. The van der Waals surface area contributed by atoms with Crippen LogP contribution >= 0.6 is 0 Å². The fourth-order valence-corrected chi connectivity index (χ4v) is 1.78. The van der Waals surface area contributed by atoms with Crippen molar-refractivity contribution in [3.63, 3.8) is 0 Å². The van der Waals surface area contributed by atoms with Crippen molar-refractivity contribution < 1.29 is 9.72 Å². The maximum atomic E-state index is 12.0. The Balaban J connectivity index is 2.22. The Hall–Kier alpha value is -2.89. The van der Waals surface area contributed by atoms with E-state index in [4.69, 9.17) is 5.73 Å². The highest BCUT2D eigenvalue weighted by Gasteiger charge is 2.11. The summed E-state index contributed by atoms with van der Waals surface area (Å²) in [6, 6.07) is 10.9. The topological polar surface area (TPSA) is 98.3 Å². The van der Waals surface area contributed by atoms with Crippen molar-refractivity contribution in [3.8, 4) is 0 Å². The zero-order valence-electron chi connectivity index (χ0n) is 10.8. The molecule has 0 unspecified atom stereocenters. The highest BCUT2D eigenvalue weighted by atomic mass is 16.6. The minimum Gasteiger partial charge on any atom is -0.399 e. The molecule has 0 aliphatic heterocycles. The van der Waals surface area contributed by atoms with Crippen LogP contribution in [0, 0.1) is 17.0 Å². The van der Waals surface area contributed by atoms with Crippen molar-refractivity contribution in [2.75, 3.05) is 11.1 Å². The normalized spacial score (nSPS) is 10.1. The molecule has 0 saturated heterocycles. The molecule has 0 saturated carbocycles. The van der Waals surface area contributed by atoms with Crippen molar-refractivity contribution in [1.29, 1.82) is 0 Å². The average molecular weight is 271 g/mol. The number of nitrogens with two attached hydrogens (primary N) is 1. The minimum atomic E-state index is -0.476. The SMILES string of the molecule is Cc1cc([N+](=O)[O-])ccc1NC(=O)c1cccc(N)c1. The Bertz CT molecular complexity index is 683. The fourth-order valence-electron chi connectivity index (χ4n) is 1.78. The number of hydrogen-bond donors (Lipinski definition) is 2. The van der Waals surface area contributed by atoms with E-state index >= 15 is 0 Å². The number of rotatable bonds is 3. The van der Waals surface area contributed by atoms with E-state index < -0.39 is 4.92 Å². The maximum absolute atomic E-state index is 12.0. The predicted octanol–water partition coefficient (Wildman–Crippen LogP) is 2.74. The lowest BCUT2D eigenvalue weighted by atomic mass is 10.1. The number of benzene rings is 2. The number of anilines is 2. The molecule has 2 rings (SSSR count). The van der Waals surface area contributed by atoms with Crippen molar-refractivity contribution in [3.05, 3.63) is 63.7 Å². The van der Waals surface area contributed by atoms with E-state index in [1.54, 1.807) is 31.2 Å². The standard InChI is InChI=1S/C14H13N3O3/c1-9-7-12(17(19)20)5-6-13(9)16-14(18)10-3-2-4-11(15)8-10/h2-8H,15H2,1H3,(H,16,18). The molecule has 3 N–H and O–H groups in total. The van der Waals surface area contributed by atoms with Gasteiger partial charge in [0, 0.05) is 29.1 Å². The first-order valence-corrected chi connectivity index (χ1v) is 5.89. The molecule has 0 bridgehead atoms. The summed E-state index contributed by atoms with van der Waals surface area (Å²) in [6.07, 6.45) is 0. The van der Waals surface area contributed by atoms with Crippen LogP contribution in [-0.4, -0.2) is 10.8 Å². The van der Waals surface area contributed by atoms with Gasteiger partial charge in [0.05, 0.1) is 4.92 Å². The van der Waals surface area contributed by atoms with Crippen LogP contribution < -0.4 is 11.1 Å². The number of aryl methyl sites for hydroxylation is 1. The zero-order valence-corrected chi connectivity index (χ0v) is 10.8. The number of carbonyl (C=O) groups is 1. The van der Waals surface area contributed by atoms with Gasteiger partial charge in [-0.05, 0) is 36.8 Å². The largest absolute Gasteiger partial charge is 0.399 e.